The highest BCUT2D eigenvalue weighted by atomic mass is 16.3. The van der Waals surface area contributed by atoms with Gasteiger partial charge >= 0.3 is 0 Å². The zero-order valence-corrected chi connectivity index (χ0v) is 12.0. The van der Waals surface area contributed by atoms with Gasteiger partial charge < -0.3 is 15.3 Å². The number of nitrogens with zero attached hydrogens (tertiary/aromatic N) is 2. The van der Waals surface area contributed by atoms with Crippen LogP contribution in [0.1, 0.15) is 25.5 Å². The van der Waals surface area contributed by atoms with Crippen molar-refractivity contribution >= 4 is 17.3 Å². The Morgan fingerprint density at radius 1 is 1.25 bits per heavy atom. The molecular weight excluding hydrogens is 254 g/mol. The number of nitrogens with one attached hydrogen (secondary N) is 1. The standard InChI is InChI=1S/C15H21N3O2/c1-10(2)17-5-7-18(8-6-17)11-3-4-12-13(9-11)16-15(20)14(12)19/h3-4,9-10,14,19H,5-8H2,1-2H3,(H,16,20). The third-order valence-electron chi connectivity index (χ3n) is 4.25. The quantitative estimate of drug-likeness (QED) is 0.851. The van der Waals surface area contributed by atoms with Crippen molar-refractivity contribution in [3.05, 3.63) is 23.8 Å². The van der Waals surface area contributed by atoms with E-state index in [0.717, 1.165) is 37.6 Å². The maximum Gasteiger partial charge on any atom is 0.257 e. The van der Waals surface area contributed by atoms with Crippen LogP contribution in [0.15, 0.2) is 18.2 Å². The molecule has 20 heavy (non-hydrogen) atoms. The fourth-order valence-electron chi connectivity index (χ4n) is 2.93. The van der Waals surface area contributed by atoms with Crippen LogP contribution in [0.4, 0.5) is 11.4 Å². The Kier molecular flexibility index (Phi) is 3.40. The number of rotatable bonds is 2. The molecule has 1 aromatic carbocycles. The second-order valence-electron chi connectivity index (χ2n) is 5.78. The number of hydrogen-bond acceptors (Lipinski definition) is 4. The predicted molar refractivity (Wildman–Crippen MR) is 79.0 cm³/mol. The minimum atomic E-state index is -1.02. The van der Waals surface area contributed by atoms with Gasteiger partial charge in [0.1, 0.15) is 0 Å². The molecule has 0 spiro atoms. The molecule has 2 aliphatic rings. The molecule has 3 rings (SSSR count). The zero-order chi connectivity index (χ0) is 14.3. The lowest BCUT2D eigenvalue weighted by Gasteiger charge is -2.38. The van der Waals surface area contributed by atoms with Crippen molar-refractivity contribution in [1.82, 2.24) is 4.90 Å². The Morgan fingerprint density at radius 2 is 1.95 bits per heavy atom. The van der Waals surface area contributed by atoms with Gasteiger partial charge in [-0.15, -0.1) is 0 Å². The third-order valence-corrected chi connectivity index (χ3v) is 4.25. The number of piperazine rings is 1. The van der Waals surface area contributed by atoms with Crippen molar-refractivity contribution in [3.63, 3.8) is 0 Å². The van der Waals surface area contributed by atoms with Crippen molar-refractivity contribution in [2.45, 2.75) is 26.0 Å². The van der Waals surface area contributed by atoms with Gasteiger partial charge in [-0.2, -0.15) is 0 Å². The molecule has 0 aromatic heterocycles. The van der Waals surface area contributed by atoms with Crippen LogP contribution in [0, 0.1) is 0 Å². The lowest BCUT2D eigenvalue weighted by molar-refractivity contribution is -0.123. The van der Waals surface area contributed by atoms with Crippen LogP contribution in [0.5, 0.6) is 0 Å². The maximum absolute atomic E-state index is 11.5. The maximum atomic E-state index is 11.5. The van der Waals surface area contributed by atoms with E-state index in [0.29, 0.717) is 11.6 Å². The topological polar surface area (TPSA) is 55.8 Å². The van der Waals surface area contributed by atoms with Crippen LogP contribution in [0.25, 0.3) is 0 Å². The van der Waals surface area contributed by atoms with Crippen molar-refractivity contribution in [1.29, 1.82) is 0 Å². The summed E-state index contributed by atoms with van der Waals surface area (Å²) in [6.07, 6.45) is -1.02. The highest BCUT2D eigenvalue weighted by molar-refractivity contribution is 6.02. The number of aliphatic hydroxyl groups excluding tert-OH is 1. The highest BCUT2D eigenvalue weighted by Gasteiger charge is 2.29. The van der Waals surface area contributed by atoms with Crippen LogP contribution in [0.2, 0.25) is 0 Å². The van der Waals surface area contributed by atoms with E-state index in [2.05, 4.69) is 29.0 Å². The van der Waals surface area contributed by atoms with Gasteiger partial charge in [-0.3, -0.25) is 9.69 Å². The molecular formula is C15H21N3O2. The fourth-order valence-corrected chi connectivity index (χ4v) is 2.93. The lowest BCUT2D eigenvalue weighted by Crippen LogP contribution is -2.48. The third kappa shape index (κ3) is 2.27. The predicted octanol–water partition coefficient (Wildman–Crippen LogP) is 1.20. The van der Waals surface area contributed by atoms with Gasteiger partial charge in [0.25, 0.3) is 5.91 Å². The smallest absolute Gasteiger partial charge is 0.257 e. The second kappa shape index (κ2) is 5.07. The van der Waals surface area contributed by atoms with E-state index in [4.69, 9.17) is 0 Å². The summed E-state index contributed by atoms with van der Waals surface area (Å²) in [5.74, 6) is -0.332. The van der Waals surface area contributed by atoms with Gasteiger partial charge in [-0.1, -0.05) is 6.07 Å². The molecule has 1 amide bonds. The van der Waals surface area contributed by atoms with Gasteiger partial charge in [0.2, 0.25) is 0 Å². The Labute approximate surface area is 119 Å². The molecule has 0 aliphatic carbocycles. The summed E-state index contributed by atoms with van der Waals surface area (Å²) in [6, 6.07) is 6.40. The van der Waals surface area contributed by atoms with Crippen molar-refractivity contribution in [2.75, 3.05) is 36.4 Å². The number of hydrogen-bond donors (Lipinski definition) is 2. The van der Waals surface area contributed by atoms with Gasteiger partial charge in [-0.05, 0) is 26.0 Å². The average Bonchev–Trinajstić information content (AvgIpc) is 2.74. The fraction of sp³-hybridized carbons (Fsp3) is 0.533. The monoisotopic (exact) mass is 275 g/mol. The highest BCUT2D eigenvalue weighted by Crippen LogP contribution is 2.34. The first-order valence-corrected chi connectivity index (χ1v) is 7.18. The number of anilines is 2. The number of fused-ring (bicyclic) bond motifs is 1. The van der Waals surface area contributed by atoms with E-state index < -0.39 is 6.10 Å². The van der Waals surface area contributed by atoms with Crippen molar-refractivity contribution < 1.29 is 9.90 Å². The van der Waals surface area contributed by atoms with Crippen molar-refractivity contribution in [3.8, 4) is 0 Å². The molecule has 0 bridgehead atoms. The first kappa shape index (κ1) is 13.4. The number of benzene rings is 1. The van der Waals surface area contributed by atoms with E-state index in [-0.39, 0.29) is 5.91 Å². The molecule has 1 aromatic rings. The number of carbonyl (C=O) groups excluding carboxylic acids is 1. The lowest BCUT2D eigenvalue weighted by atomic mass is 10.1. The van der Waals surface area contributed by atoms with Gasteiger partial charge in [0, 0.05) is 49.2 Å². The molecule has 1 fully saturated rings. The van der Waals surface area contributed by atoms with Gasteiger partial charge in [0.15, 0.2) is 6.10 Å². The SMILES string of the molecule is CC(C)N1CCN(c2ccc3c(c2)NC(=O)C3O)CC1. The normalized spacial score (nSPS) is 23.1. The van der Waals surface area contributed by atoms with Crippen LogP contribution >= 0.6 is 0 Å². The molecule has 0 radical (unpaired) electrons. The molecule has 1 unspecified atom stereocenters. The number of carbonyl (C=O) groups is 1. The summed E-state index contributed by atoms with van der Waals surface area (Å²) < 4.78 is 0. The van der Waals surface area contributed by atoms with Crippen molar-refractivity contribution in [2.24, 2.45) is 0 Å². The van der Waals surface area contributed by atoms with Crippen LogP contribution in [0.3, 0.4) is 0 Å². The van der Waals surface area contributed by atoms with Crippen LogP contribution in [-0.2, 0) is 4.79 Å². The van der Waals surface area contributed by atoms with Crippen LogP contribution < -0.4 is 10.2 Å². The summed E-state index contributed by atoms with van der Waals surface area (Å²) in [5.41, 5.74) is 2.53. The Bertz CT molecular complexity index is 522. The Balaban J connectivity index is 1.74. The summed E-state index contributed by atoms with van der Waals surface area (Å²) in [7, 11) is 0. The number of amides is 1. The first-order valence-electron chi connectivity index (χ1n) is 7.18. The first-order chi connectivity index (χ1) is 9.56. The molecule has 1 saturated heterocycles. The Hall–Kier alpha value is -1.59. The van der Waals surface area contributed by atoms with Crippen LogP contribution in [-0.4, -0.2) is 48.1 Å². The molecule has 2 N–H and O–H groups in total. The minimum absolute atomic E-state index is 0.332. The summed E-state index contributed by atoms with van der Waals surface area (Å²) >= 11 is 0. The summed E-state index contributed by atoms with van der Waals surface area (Å²) in [4.78, 5) is 16.3. The van der Waals surface area contributed by atoms with E-state index in [9.17, 15) is 9.90 Å². The van der Waals surface area contributed by atoms with E-state index in [1.807, 2.05) is 18.2 Å². The molecule has 108 valence electrons. The molecule has 1 atom stereocenters. The zero-order valence-electron chi connectivity index (χ0n) is 12.0. The van der Waals surface area contributed by atoms with Gasteiger partial charge in [0.05, 0.1) is 0 Å². The largest absolute Gasteiger partial charge is 0.378 e. The number of aliphatic hydroxyl groups is 1. The Morgan fingerprint density at radius 3 is 2.60 bits per heavy atom. The molecule has 5 heteroatoms. The van der Waals surface area contributed by atoms with E-state index >= 15 is 0 Å². The molecule has 2 heterocycles. The molecule has 0 saturated carbocycles. The molecule has 5 nitrogen and oxygen atoms in total. The molecule has 2 aliphatic heterocycles. The summed E-state index contributed by atoms with van der Waals surface area (Å²) in [5, 5.41) is 12.4. The van der Waals surface area contributed by atoms with E-state index in [1.165, 1.54) is 0 Å². The van der Waals surface area contributed by atoms with E-state index in [1.54, 1.807) is 0 Å². The second-order valence-corrected chi connectivity index (χ2v) is 5.78. The summed E-state index contributed by atoms with van der Waals surface area (Å²) in [6.45, 7) is 8.55. The van der Waals surface area contributed by atoms with Gasteiger partial charge in [-0.25, -0.2) is 0 Å². The average molecular weight is 275 g/mol. The minimum Gasteiger partial charge on any atom is -0.378 e.